The molecule has 0 heterocycles. The van der Waals surface area contributed by atoms with Crippen LogP contribution in [0.1, 0.15) is 104 Å². The first-order chi connectivity index (χ1) is 44.0. The number of carbonyl (C=O) groups excluding carboxylic acids is 2. The summed E-state index contributed by atoms with van der Waals surface area (Å²) in [6.07, 6.45) is -4.87. The molecule has 94 heavy (non-hydrogen) atoms. The molecule has 0 aliphatic rings. The van der Waals surface area contributed by atoms with Gasteiger partial charge in [0.2, 0.25) is 0 Å². The summed E-state index contributed by atoms with van der Waals surface area (Å²) in [6.45, 7) is 3.89. The minimum absolute atomic E-state index is 0. The van der Waals surface area contributed by atoms with Gasteiger partial charge in [-0.1, -0.05) is 97.1 Å². The molecular formula is C72H71F8N2NaO11. The average molecular weight is 1320 g/mol. The molecule has 0 bridgehead atoms. The largest absolute Gasteiger partial charge is 1.00 e. The van der Waals surface area contributed by atoms with Gasteiger partial charge in [0, 0.05) is 39.0 Å². The molecule has 0 saturated heterocycles. The number of methoxy groups -OCH3 is 2. The molecule has 13 nitrogen and oxygen atoms in total. The van der Waals surface area contributed by atoms with E-state index in [0.29, 0.717) is 117 Å². The van der Waals surface area contributed by atoms with E-state index in [1.54, 1.807) is 48.5 Å². The Bertz CT molecular complexity index is 3670. The third kappa shape index (κ3) is 24.8. The van der Waals surface area contributed by atoms with Crippen molar-refractivity contribution in [1.29, 1.82) is 0 Å². The number of hydrogen-bond acceptors (Lipinski definition) is 11. The summed E-state index contributed by atoms with van der Waals surface area (Å²) in [5.74, 6) is -2.27. The number of alkyl halides is 6. The first-order valence-corrected chi connectivity index (χ1v) is 29.6. The summed E-state index contributed by atoms with van der Waals surface area (Å²) in [5.41, 5.74) is 7.01. The first-order valence-electron chi connectivity index (χ1n) is 29.6. The summed E-state index contributed by atoms with van der Waals surface area (Å²) in [4.78, 5) is 49.9. The Morgan fingerprint density at radius 1 is 0.436 bits per heavy atom. The van der Waals surface area contributed by atoms with Gasteiger partial charge >= 0.3 is 65.8 Å². The Hall–Kier alpha value is -8.44. The summed E-state index contributed by atoms with van der Waals surface area (Å²) in [6, 6.07) is 47.0. The van der Waals surface area contributed by atoms with Crippen LogP contribution >= 0.6 is 0 Å². The van der Waals surface area contributed by atoms with Crippen LogP contribution in [0.3, 0.4) is 0 Å². The van der Waals surface area contributed by atoms with Crippen molar-refractivity contribution in [1.82, 2.24) is 9.80 Å². The van der Waals surface area contributed by atoms with E-state index in [1.807, 2.05) is 48.5 Å². The second kappa shape index (κ2) is 37.5. The number of carboxylic acids is 2. The third-order valence-corrected chi connectivity index (χ3v) is 15.1. The van der Waals surface area contributed by atoms with E-state index < -0.39 is 47.2 Å². The number of carboxylic acid groups (broad SMARTS) is 2. The number of unbranched alkanes of at least 4 members (excludes halogenated alkanes) is 2. The zero-order valence-corrected chi connectivity index (χ0v) is 54.2. The molecule has 8 aromatic carbocycles. The normalized spacial score (nSPS) is 11.2. The predicted molar refractivity (Wildman–Crippen MR) is 334 cm³/mol. The Balaban J connectivity index is 0.000000334. The van der Waals surface area contributed by atoms with Gasteiger partial charge in [0.15, 0.2) is 0 Å². The zero-order valence-electron chi connectivity index (χ0n) is 52.2. The number of aliphatic carboxylic acids is 1. The van der Waals surface area contributed by atoms with Crippen molar-refractivity contribution >= 4 is 23.9 Å². The first kappa shape index (κ1) is 76.3. The summed E-state index contributed by atoms with van der Waals surface area (Å²) in [5, 5.41) is 18.2. The van der Waals surface area contributed by atoms with E-state index in [4.69, 9.17) is 24.1 Å². The van der Waals surface area contributed by atoms with Crippen LogP contribution in [0.4, 0.5) is 35.1 Å². The van der Waals surface area contributed by atoms with Gasteiger partial charge in [0.1, 0.15) is 36.3 Å². The molecule has 22 heteroatoms. The fraction of sp³-hybridized carbons (Fsp3) is 0.278. The van der Waals surface area contributed by atoms with Crippen LogP contribution in [0.2, 0.25) is 0 Å². The van der Waals surface area contributed by atoms with Gasteiger partial charge in [0.25, 0.3) is 0 Å². The number of ether oxygens (including phenoxy) is 4. The topological polar surface area (TPSA) is 182 Å². The summed E-state index contributed by atoms with van der Waals surface area (Å²) < 4.78 is 128. The van der Waals surface area contributed by atoms with Crippen LogP contribution in [0, 0.1) is 11.6 Å². The van der Waals surface area contributed by atoms with Gasteiger partial charge in [-0.15, -0.1) is 0 Å². The maximum absolute atomic E-state index is 14.4. The van der Waals surface area contributed by atoms with Crippen LogP contribution < -0.4 is 39.0 Å². The Morgan fingerprint density at radius 3 is 1.15 bits per heavy atom. The predicted octanol–water partition coefficient (Wildman–Crippen LogP) is 13.2. The van der Waals surface area contributed by atoms with Gasteiger partial charge in [-0.2, -0.15) is 26.3 Å². The molecule has 0 radical (unpaired) electrons. The van der Waals surface area contributed by atoms with E-state index >= 15 is 0 Å². The maximum Gasteiger partial charge on any atom is 1.00 e. The van der Waals surface area contributed by atoms with Crippen molar-refractivity contribution in [3.05, 3.63) is 249 Å². The average Bonchev–Trinajstić information content (AvgIpc) is 1.07. The van der Waals surface area contributed by atoms with Crippen LogP contribution in [0.25, 0.3) is 22.3 Å². The molecule has 0 unspecified atom stereocenters. The molecule has 0 aromatic heterocycles. The minimum Gasteiger partial charge on any atom is -0.870 e. The Labute approximate surface area is 562 Å². The van der Waals surface area contributed by atoms with Crippen molar-refractivity contribution in [2.75, 3.05) is 40.4 Å². The third-order valence-electron chi connectivity index (χ3n) is 15.1. The molecule has 0 aliphatic carbocycles. The molecule has 0 spiro atoms. The second-order valence-corrected chi connectivity index (χ2v) is 21.8. The fourth-order valence-electron chi connectivity index (χ4n) is 9.93. The molecule has 8 rings (SSSR count). The van der Waals surface area contributed by atoms with Gasteiger partial charge in [0.05, 0.1) is 36.5 Å². The molecule has 3 N–H and O–H groups in total. The second-order valence-electron chi connectivity index (χ2n) is 21.8. The van der Waals surface area contributed by atoms with Gasteiger partial charge in [-0.05, 0) is 192 Å². The van der Waals surface area contributed by atoms with Crippen molar-refractivity contribution in [2.24, 2.45) is 0 Å². The molecule has 0 aliphatic heterocycles. The fourth-order valence-corrected chi connectivity index (χ4v) is 9.93. The van der Waals surface area contributed by atoms with Crippen molar-refractivity contribution in [3.8, 4) is 33.8 Å². The van der Waals surface area contributed by atoms with Crippen LogP contribution in [0.5, 0.6) is 11.5 Å². The van der Waals surface area contributed by atoms with E-state index in [1.165, 1.54) is 74.9 Å². The molecule has 0 atom stereocenters. The van der Waals surface area contributed by atoms with Crippen LogP contribution in [-0.4, -0.2) is 89.8 Å². The van der Waals surface area contributed by atoms with Crippen LogP contribution in [-0.2, 0) is 70.6 Å². The molecule has 8 aromatic rings. The van der Waals surface area contributed by atoms with E-state index in [9.17, 15) is 59.4 Å². The van der Waals surface area contributed by atoms with Crippen molar-refractivity contribution in [2.45, 2.75) is 90.0 Å². The van der Waals surface area contributed by atoms with Crippen LogP contribution in [0.15, 0.2) is 182 Å². The number of aromatic carboxylic acids is 1. The summed E-state index contributed by atoms with van der Waals surface area (Å²) in [7, 11) is 2.70. The van der Waals surface area contributed by atoms with Gasteiger partial charge in [-0.25, -0.2) is 18.4 Å². The van der Waals surface area contributed by atoms with Gasteiger partial charge < -0.3 is 34.6 Å². The van der Waals surface area contributed by atoms with E-state index in [0.717, 1.165) is 64.1 Å². The number of esters is 2. The minimum atomic E-state index is -4.39. The number of nitrogens with zero attached hydrogens (tertiary/aromatic N) is 2. The molecule has 0 fully saturated rings. The quantitative estimate of drug-likeness (QED) is 0.0188. The monoisotopic (exact) mass is 1310 g/mol. The van der Waals surface area contributed by atoms with Crippen molar-refractivity contribution < 1.29 is 118 Å². The van der Waals surface area contributed by atoms with E-state index in [-0.39, 0.29) is 72.0 Å². The number of halogens is 8. The van der Waals surface area contributed by atoms with E-state index in [2.05, 4.69) is 9.80 Å². The smallest absolute Gasteiger partial charge is 0.870 e. The Kier molecular flexibility index (Phi) is 30.4. The SMILES string of the molecule is COC(=O)CCCCN(CCc1cc(F)ccc1OCc1ccc(-c2ccc(C(F)(F)F)cc2)cc1)Cc1ccc(C(=O)OC)cc1.O=C(O)CCCCN(CCc1cc(F)ccc1OCc1ccc(-c2ccc(C(F)(F)F)cc2)cc1)Cc1ccc(C(=O)O)cc1.[Na+].[OH-]. The van der Waals surface area contributed by atoms with Crippen molar-refractivity contribution in [3.63, 3.8) is 0 Å². The van der Waals surface area contributed by atoms with Gasteiger partial charge in [-0.3, -0.25) is 19.4 Å². The standard InChI is InChI=1S/C37H37F4NO5.C35H33F4NO5.Na.H2O/c1-45-35(43)5-3-4-21-42(24-26-6-12-30(13-7-26)36(44)46-2)22-20-31-23-33(38)18-19-34(31)47-25-27-8-10-28(11-9-27)29-14-16-32(17-15-29)37(39,40)41;36-31-16-17-32(45-23-25-6-8-26(9-7-25)27-12-14-30(15-13-27)35(37,38)39)29(21-31)18-20-40(19-2-1-3-33(41)42)22-24-4-10-28(11-5-24)34(43)44;;/h6-19,23H,3-5,20-22,24-25H2,1-2H3;4-17,21H,1-3,18-20,22-23H2,(H,41,42)(H,43,44);;1H2/q;;+1;/p-1. The maximum atomic E-state index is 14.4. The molecular weight excluding hydrogens is 1240 g/mol. The zero-order chi connectivity index (χ0) is 66.2. The number of rotatable bonds is 30. The number of carbonyl (C=O) groups is 4. The summed E-state index contributed by atoms with van der Waals surface area (Å²) >= 11 is 0. The molecule has 492 valence electrons. The number of hydrogen-bond donors (Lipinski definition) is 2. The molecule has 0 amide bonds. The molecule has 0 saturated carbocycles. The Morgan fingerprint density at radius 2 is 0.798 bits per heavy atom. The number of benzene rings is 8.